The van der Waals surface area contributed by atoms with Crippen LogP contribution in [0.15, 0.2) is 52.6 Å². The van der Waals surface area contributed by atoms with Gasteiger partial charge in [0, 0.05) is 11.6 Å². The van der Waals surface area contributed by atoms with E-state index in [1.807, 2.05) is 0 Å². The Morgan fingerprint density at radius 2 is 2.13 bits per heavy atom. The molecule has 6 nitrogen and oxygen atoms in total. The Labute approximate surface area is 141 Å². The first-order valence-corrected chi connectivity index (χ1v) is 7.70. The van der Waals surface area contributed by atoms with Gasteiger partial charge in [0.1, 0.15) is 0 Å². The number of amides is 2. The summed E-state index contributed by atoms with van der Waals surface area (Å²) in [7, 11) is 0. The highest BCUT2D eigenvalue weighted by molar-refractivity contribution is 7.12. The van der Waals surface area contributed by atoms with Gasteiger partial charge >= 0.3 is 6.03 Å². The molecule has 0 aliphatic rings. The summed E-state index contributed by atoms with van der Waals surface area (Å²) in [6.07, 6.45) is 3.35. The molecular formula is C15H13ClN4O2S. The lowest BCUT2D eigenvalue weighted by Crippen LogP contribution is -2.29. The van der Waals surface area contributed by atoms with Gasteiger partial charge in [0.15, 0.2) is 6.29 Å². The van der Waals surface area contributed by atoms with E-state index < -0.39 is 6.03 Å². The second kappa shape index (κ2) is 8.11. The Balaban J connectivity index is 1.98. The first kappa shape index (κ1) is 16.7. The van der Waals surface area contributed by atoms with Crippen molar-refractivity contribution in [3.05, 3.63) is 57.5 Å². The number of rotatable bonds is 5. The summed E-state index contributed by atoms with van der Waals surface area (Å²) >= 11 is 7.24. The van der Waals surface area contributed by atoms with Crippen LogP contribution < -0.4 is 16.4 Å². The number of nitrogens with one attached hydrogen (secondary N) is 2. The molecule has 1 heterocycles. The molecule has 4 N–H and O–H groups in total. The number of hydrogen-bond acceptors (Lipinski definition) is 5. The minimum atomic E-state index is -0.500. The standard InChI is InChI=1S/C15H13ClN4O2S/c16-13-3-1-2-4-14(13)20-15(22)19-11(6-17)7-18-10-5-12(8-21)23-9-10/h1-9H,17H2,(H2,19,20,22)/b11-6+,18-7?. The lowest BCUT2D eigenvalue weighted by atomic mass is 10.3. The van der Waals surface area contributed by atoms with E-state index in [0.29, 0.717) is 27.0 Å². The van der Waals surface area contributed by atoms with E-state index in [1.165, 1.54) is 23.8 Å². The third-order valence-corrected chi connectivity index (χ3v) is 3.81. The van der Waals surface area contributed by atoms with Crippen molar-refractivity contribution in [2.45, 2.75) is 0 Å². The fourth-order valence-corrected chi connectivity index (χ4v) is 2.39. The van der Waals surface area contributed by atoms with Crippen LogP contribution in [-0.4, -0.2) is 18.5 Å². The maximum absolute atomic E-state index is 11.9. The van der Waals surface area contributed by atoms with Crippen LogP contribution >= 0.6 is 22.9 Å². The van der Waals surface area contributed by atoms with Crippen molar-refractivity contribution in [2.75, 3.05) is 5.32 Å². The van der Waals surface area contributed by atoms with E-state index in [2.05, 4.69) is 15.6 Å². The van der Waals surface area contributed by atoms with E-state index in [1.54, 1.807) is 35.7 Å². The number of aliphatic imine (C=N–C) groups is 1. The minimum Gasteiger partial charge on any atom is -0.403 e. The number of carbonyl (C=O) groups is 2. The van der Waals surface area contributed by atoms with Crippen LogP contribution in [0.1, 0.15) is 9.67 Å². The molecule has 8 heteroatoms. The van der Waals surface area contributed by atoms with Crippen molar-refractivity contribution >= 4 is 52.8 Å². The van der Waals surface area contributed by atoms with Crippen LogP contribution in [0, 0.1) is 0 Å². The maximum Gasteiger partial charge on any atom is 0.323 e. The summed E-state index contributed by atoms with van der Waals surface area (Å²) in [6, 6.07) is 7.99. The van der Waals surface area contributed by atoms with E-state index in [0.717, 1.165) is 6.29 Å². The fourth-order valence-electron chi connectivity index (χ4n) is 1.58. The van der Waals surface area contributed by atoms with Gasteiger partial charge in [-0.1, -0.05) is 23.7 Å². The van der Waals surface area contributed by atoms with Gasteiger partial charge in [-0.05, 0) is 18.2 Å². The molecule has 0 unspecified atom stereocenters. The van der Waals surface area contributed by atoms with Crippen molar-refractivity contribution in [3.8, 4) is 0 Å². The van der Waals surface area contributed by atoms with Crippen LogP contribution in [0.5, 0.6) is 0 Å². The Hall–Kier alpha value is -2.64. The fraction of sp³-hybridized carbons (Fsp3) is 0. The van der Waals surface area contributed by atoms with Gasteiger partial charge < -0.3 is 16.4 Å². The third kappa shape index (κ3) is 4.94. The molecule has 1 aromatic carbocycles. The molecule has 0 saturated heterocycles. The van der Waals surface area contributed by atoms with Gasteiger partial charge in [-0.3, -0.25) is 9.79 Å². The van der Waals surface area contributed by atoms with Crippen molar-refractivity contribution < 1.29 is 9.59 Å². The number of nitrogens with two attached hydrogens (primary N) is 1. The summed E-state index contributed by atoms with van der Waals surface area (Å²) < 4.78 is 0. The van der Waals surface area contributed by atoms with Crippen molar-refractivity contribution in [1.29, 1.82) is 0 Å². The summed E-state index contributed by atoms with van der Waals surface area (Å²) in [5, 5.41) is 7.29. The van der Waals surface area contributed by atoms with Crippen molar-refractivity contribution in [2.24, 2.45) is 10.7 Å². The highest BCUT2D eigenvalue weighted by atomic mass is 35.5. The third-order valence-electron chi connectivity index (χ3n) is 2.63. The number of hydrogen-bond donors (Lipinski definition) is 3. The molecule has 1 aromatic heterocycles. The van der Waals surface area contributed by atoms with E-state index in [9.17, 15) is 9.59 Å². The molecule has 2 rings (SSSR count). The molecule has 0 aliphatic heterocycles. The molecule has 0 fully saturated rings. The first-order valence-electron chi connectivity index (χ1n) is 6.44. The van der Waals surface area contributed by atoms with Crippen LogP contribution in [-0.2, 0) is 0 Å². The Morgan fingerprint density at radius 3 is 2.78 bits per heavy atom. The molecule has 23 heavy (non-hydrogen) atoms. The molecule has 0 radical (unpaired) electrons. The molecule has 2 amide bonds. The number of urea groups is 1. The van der Waals surface area contributed by atoms with E-state index in [-0.39, 0.29) is 0 Å². The predicted octanol–water partition coefficient (Wildman–Crippen LogP) is 3.54. The number of allylic oxidation sites excluding steroid dienone is 1. The minimum absolute atomic E-state index is 0.299. The Morgan fingerprint density at radius 1 is 1.35 bits per heavy atom. The zero-order valence-corrected chi connectivity index (χ0v) is 13.4. The number of anilines is 1. The lowest BCUT2D eigenvalue weighted by Gasteiger charge is -2.08. The van der Waals surface area contributed by atoms with Crippen LogP contribution in [0.25, 0.3) is 0 Å². The maximum atomic E-state index is 11.9. The number of carbonyl (C=O) groups excluding carboxylic acids is 2. The number of benzene rings is 1. The average Bonchev–Trinajstić information content (AvgIpc) is 3.01. The SMILES string of the molecule is N/C=C(\C=Nc1csc(C=O)c1)NC(=O)Nc1ccccc1Cl. The zero-order chi connectivity index (χ0) is 16.7. The molecule has 0 saturated carbocycles. The van der Waals surface area contributed by atoms with Gasteiger partial charge in [-0.15, -0.1) is 11.3 Å². The molecule has 118 valence electrons. The molecule has 0 spiro atoms. The van der Waals surface area contributed by atoms with Gasteiger partial charge in [-0.25, -0.2) is 4.79 Å². The van der Waals surface area contributed by atoms with Gasteiger partial charge in [0.2, 0.25) is 0 Å². The molecular weight excluding hydrogens is 336 g/mol. The van der Waals surface area contributed by atoms with E-state index >= 15 is 0 Å². The molecule has 0 bridgehead atoms. The normalized spacial score (nSPS) is 11.4. The largest absolute Gasteiger partial charge is 0.403 e. The molecule has 0 atom stereocenters. The average molecular weight is 349 g/mol. The highest BCUT2D eigenvalue weighted by Crippen LogP contribution is 2.21. The highest BCUT2D eigenvalue weighted by Gasteiger charge is 2.06. The van der Waals surface area contributed by atoms with E-state index in [4.69, 9.17) is 17.3 Å². The smallest absolute Gasteiger partial charge is 0.323 e. The number of aldehydes is 1. The predicted molar refractivity (Wildman–Crippen MR) is 93.7 cm³/mol. The summed E-state index contributed by atoms with van der Waals surface area (Å²) in [5.41, 5.74) is 6.85. The lowest BCUT2D eigenvalue weighted by molar-refractivity contribution is 0.112. The Kier molecular flexibility index (Phi) is 5.90. The topological polar surface area (TPSA) is 96.6 Å². The molecule has 0 aliphatic carbocycles. The second-order valence-corrected chi connectivity index (χ2v) is 5.61. The second-order valence-electron chi connectivity index (χ2n) is 4.26. The number of halogens is 1. The number of nitrogens with zero attached hydrogens (tertiary/aromatic N) is 1. The van der Waals surface area contributed by atoms with Crippen molar-refractivity contribution in [3.63, 3.8) is 0 Å². The summed E-state index contributed by atoms with van der Waals surface area (Å²) in [4.78, 5) is 27.2. The van der Waals surface area contributed by atoms with Crippen molar-refractivity contribution in [1.82, 2.24) is 5.32 Å². The Bertz CT molecular complexity index is 770. The number of para-hydroxylation sites is 1. The van der Waals surface area contributed by atoms with Crippen LogP contribution in [0.3, 0.4) is 0 Å². The van der Waals surface area contributed by atoms with Gasteiger partial charge in [0.25, 0.3) is 0 Å². The zero-order valence-electron chi connectivity index (χ0n) is 11.8. The van der Waals surface area contributed by atoms with Crippen LogP contribution in [0.2, 0.25) is 5.02 Å². The van der Waals surface area contributed by atoms with Gasteiger partial charge in [0.05, 0.1) is 33.2 Å². The molecule has 2 aromatic rings. The summed E-state index contributed by atoms with van der Waals surface area (Å²) in [5.74, 6) is 0. The summed E-state index contributed by atoms with van der Waals surface area (Å²) in [6.45, 7) is 0. The number of thiophene rings is 1. The van der Waals surface area contributed by atoms with Crippen LogP contribution in [0.4, 0.5) is 16.2 Å². The first-order chi connectivity index (χ1) is 11.1. The van der Waals surface area contributed by atoms with Gasteiger partial charge in [-0.2, -0.15) is 0 Å². The quantitative estimate of drug-likeness (QED) is 0.569. The monoisotopic (exact) mass is 348 g/mol.